The lowest BCUT2D eigenvalue weighted by molar-refractivity contribution is 0.00578. The zero-order valence-electron chi connectivity index (χ0n) is 17.5. The molecule has 0 spiro atoms. The van der Waals surface area contributed by atoms with Crippen molar-refractivity contribution in [1.82, 2.24) is 5.32 Å². The third kappa shape index (κ3) is 6.24. The molecule has 1 heterocycles. The Balaban J connectivity index is 2.28. The molecule has 0 unspecified atom stereocenters. The first kappa shape index (κ1) is 23.3. The minimum atomic E-state index is -0.599. The minimum Gasteiger partial charge on any atom is -0.444 e. The highest BCUT2D eigenvalue weighted by molar-refractivity contribution is 9.10. The van der Waals surface area contributed by atoms with Gasteiger partial charge < -0.3 is 19.4 Å². The van der Waals surface area contributed by atoms with E-state index in [0.717, 1.165) is 15.5 Å². The van der Waals surface area contributed by atoms with Gasteiger partial charge in [-0.2, -0.15) is 0 Å². The normalized spacial score (nSPS) is 18.9. The Hall–Kier alpha value is -1.02. The number of hydrogen-bond acceptors (Lipinski definition) is 4. The fraction of sp³-hybridized carbons (Fsp3) is 0.550. The van der Waals surface area contributed by atoms with E-state index in [-0.39, 0.29) is 6.54 Å². The first-order valence-corrected chi connectivity index (χ1v) is 10.3. The van der Waals surface area contributed by atoms with E-state index in [4.69, 9.17) is 25.6 Å². The molecule has 1 fully saturated rings. The largest absolute Gasteiger partial charge is 0.492 e. The van der Waals surface area contributed by atoms with Gasteiger partial charge in [0.05, 0.1) is 11.2 Å². The first-order valence-electron chi connectivity index (χ1n) is 9.18. The molecule has 0 saturated carbocycles. The van der Waals surface area contributed by atoms with Crippen LogP contribution in [0.1, 0.15) is 54.0 Å². The predicted molar refractivity (Wildman–Crippen MR) is 117 cm³/mol. The van der Waals surface area contributed by atoms with Crippen LogP contribution in [0.15, 0.2) is 28.1 Å². The van der Waals surface area contributed by atoms with Crippen LogP contribution in [0.5, 0.6) is 0 Å². The van der Waals surface area contributed by atoms with Crippen molar-refractivity contribution in [3.05, 3.63) is 38.7 Å². The lowest BCUT2D eigenvalue weighted by atomic mass is 9.77. The van der Waals surface area contributed by atoms with E-state index in [9.17, 15) is 4.79 Å². The van der Waals surface area contributed by atoms with Crippen molar-refractivity contribution < 1.29 is 18.8 Å². The van der Waals surface area contributed by atoms with E-state index >= 15 is 0 Å². The number of rotatable bonds is 4. The molecule has 1 saturated heterocycles. The molecular weight excluding hydrogens is 444 g/mol. The molecule has 1 aromatic rings. The van der Waals surface area contributed by atoms with Gasteiger partial charge in [0.1, 0.15) is 5.60 Å². The predicted octanol–water partition coefficient (Wildman–Crippen LogP) is 5.64. The van der Waals surface area contributed by atoms with Gasteiger partial charge in [-0.3, -0.25) is 0 Å². The molecule has 1 amide bonds. The van der Waals surface area contributed by atoms with Gasteiger partial charge in [0.25, 0.3) is 0 Å². The van der Waals surface area contributed by atoms with Crippen LogP contribution in [0.4, 0.5) is 4.79 Å². The van der Waals surface area contributed by atoms with Gasteiger partial charge in [-0.15, -0.1) is 0 Å². The molecule has 0 radical (unpaired) electrons. The Morgan fingerprint density at radius 2 is 1.79 bits per heavy atom. The number of alkyl carbamates (subject to hydrolysis) is 1. The van der Waals surface area contributed by atoms with Crippen LogP contribution in [0.3, 0.4) is 0 Å². The van der Waals surface area contributed by atoms with Crippen molar-refractivity contribution in [3.63, 3.8) is 0 Å². The number of carbonyl (C=O) groups excluding carboxylic acids is 1. The summed E-state index contributed by atoms with van der Waals surface area (Å²) in [6.45, 7) is 13.6. The molecule has 5 nitrogen and oxygen atoms in total. The van der Waals surface area contributed by atoms with Gasteiger partial charge in [0.2, 0.25) is 0 Å². The first-order chi connectivity index (χ1) is 12.7. The zero-order chi connectivity index (χ0) is 21.3. The number of nitrogens with one attached hydrogen (secondary N) is 1. The van der Waals surface area contributed by atoms with Gasteiger partial charge in [0.15, 0.2) is 0 Å². The molecule has 0 aromatic heterocycles. The Kier molecular flexibility index (Phi) is 6.97. The van der Waals surface area contributed by atoms with Crippen LogP contribution in [0.25, 0.3) is 6.08 Å². The lowest BCUT2D eigenvalue weighted by Crippen LogP contribution is -2.41. The van der Waals surface area contributed by atoms with Crippen molar-refractivity contribution in [2.45, 2.75) is 65.3 Å². The second kappa shape index (κ2) is 8.38. The van der Waals surface area contributed by atoms with Crippen LogP contribution in [0.2, 0.25) is 5.02 Å². The SMILES string of the molecule is CC(C)(C)OC(=O)NCC(=Cc1cc(Cl)cc(Br)c1)B1OC(C)(C)C(C)(C)O1. The highest BCUT2D eigenvalue weighted by Crippen LogP contribution is 2.39. The monoisotopic (exact) mass is 471 g/mol. The smallest absolute Gasteiger partial charge is 0.444 e. The number of halogens is 2. The molecule has 0 atom stereocenters. The van der Waals surface area contributed by atoms with E-state index in [1.54, 1.807) is 0 Å². The average molecular weight is 473 g/mol. The maximum Gasteiger partial charge on any atom is 0.492 e. The molecule has 8 heteroatoms. The lowest BCUT2D eigenvalue weighted by Gasteiger charge is -2.32. The Bertz CT molecular complexity index is 738. The topological polar surface area (TPSA) is 56.8 Å². The summed E-state index contributed by atoms with van der Waals surface area (Å²) in [5.74, 6) is 0. The second-order valence-electron chi connectivity index (χ2n) is 8.87. The van der Waals surface area contributed by atoms with E-state index in [1.807, 2.05) is 72.7 Å². The number of hydrogen-bond donors (Lipinski definition) is 1. The molecule has 1 aromatic carbocycles. The number of ether oxygens (including phenoxy) is 1. The molecule has 154 valence electrons. The minimum absolute atomic E-state index is 0.218. The Morgan fingerprint density at radius 1 is 1.21 bits per heavy atom. The second-order valence-corrected chi connectivity index (χ2v) is 10.2. The van der Waals surface area contributed by atoms with Crippen LogP contribution in [-0.2, 0) is 14.0 Å². The van der Waals surface area contributed by atoms with E-state index in [1.165, 1.54) is 0 Å². The van der Waals surface area contributed by atoms with Crippen molar-refractivity contribution in [2.24, 2.45) is 0 Å². The Labute approximate surface area is 181 Å². The zero-order valence-corrected chi connectivity index (χ0v) is 19.8. The molecule has 1 aliphatic rings. The van der Waals surface area contributed by atoms with Gasteiger partial charge in [-0.1, -0.05) is 33.6 Å². The molecule has 0 aliphatic carbocycles. The van der Waals surface area contributed by atoms with Gasteiger partial charge in [-0.05, 0) is 77.7 Å². The molecule has 0 bridgehead atoms. The molecular formula is C20H28BBrClNO4. The molecule has 2 rings (SSSR count). The van der Waals surface area contributed by atoms with Crippen LogP contribution < -0.4 is 5.32 Å². The third-order valence-electron chi connectivity index (χ3n) is 4.63. The fourth-order valence-electron chi connectivity index (χ4n) is 2.56. The molecule has 1 aliphatic heterocycles. The summed E-state index contributed by atoms with van der Waals surface area (Å²) in [6, 6.07) is 5.59. The standard InChI is InChI=1S/C20H28BBrClNO4/c1-18(2,3)26-17(25)24-12-14(8-13-9-15(22)11-16(23)10-13)21-27-19(4,5)20(6,7)28-21/h8-11H,12H2,1-7H3,(H,24,25). The summed E-state index contributed by atoms with van der Waals surface area (Å²) in [6.07, 6.45) is 1.41. The van der Waals surface area contributed by atoms with E-state index in [0.29, 0.717) is 5.02 Å². The van der Waals surface area contributed by atoms with E-state index < -0.39 is 30.0 Å². The summed E-state index contributed by atoms with van der Waals surface area (Å²) in [5, 5.41) is 3.39. The maximum absolute atomic E-state index is 12.1. The van der Waals surface area contributed by atoms with Gasteiger partial charge in [0, 0.05) is 16.0 Å². The Morgan fingerprint density at radius 3 is 2.29 bits per heavy atom. The number of amides is 1. The van der Waals surface area contributed by atoms with Crippen LogP contribution >= 0.6 is 27.5 Å². The summed E-state index contributed by atoms with van der Waals surface area (Å²) in [7, 11) is -0.599. The highest BCUT2D eigenvalue weighted by atomic mass is 79.9. The van der Waals surface area contributed by atoms with Crippen LogP contribution in [-0.4, -0.2) is 36.6 Å². The summed E-state index contributed by atoms with van der Waals surface area (Å²) >= 11 is 9.62. The number of benzene rings is 1. The summed E-state index contributed by atoms with van der Waals surface area (Å²) < 4.78 is 18.5. The molecule has 28 heavy (non-hydrogen) atoms. The van der Waals surface area contributed by atoms with Crippen molar-refractivity contribution in [3.8, 4) is 0 Å². The summed E-state index contributed by atoms with van der Waals surface area (Å²) in [5.41, 5.74) is 0.0828. The maximum atomic E-state index is 12.1. The van der Waals surface area contributed by atoms with Crippen LogP contribution in [0, 0.1) is 0 Å². The van der Waals surface area contributed by atoms with Crippen molar-refractivity contribution in [2.75, 3.05) is 6.54 Å². The average Bonchev–Trinajstić information content (AvgIpc) is 2.68. The van der Waals surface area contributed by atoms with Crippen molar-refractivity contribution >= 4 is 46.8 Å². The highest BCUT2D eigenvalue weighted by Gasteiger charge is 2.52. The third-order valence-corrected chi connectivity index (χ3v) is 5.30. The fourth-order valence-corrected chi connectivity index (χ4v) is 3.44. The van der Waals surface area contributed by atoms with Gasteiger partial charge >= 0.3 is 13.2 Å². The number of carbonyl (C=O) groups is 1. The van der Waals surface area contributed by atoms with Crippen molar-refractivity contribution in [1.29, 1.82) is 0 Å². The molecule has 1 N–H and O–H groups in total. The van der Waals surface area contributed by atoms with E-state index in [2.05, 4.69) is 21.2 Å². The van der Waals surface area contributed by atoms with Gasteiger partial charge in [-0.25, -0.2) is 4.79 Å². The quantitative estimate of drug-likeness (QED) is 0.576. The summed E-state index contributed by atoms with van der Waals surface area (Å²) in [4.78, 5) is 12.1.